The first-order valence-corrected chi connectivity index (χ1v) is 8.64. The fraction of sp³-hybridized carbons (Fsp3) is 0.421. The summed E-state index contributed by atoms with van der Waals surface area (Å²) < 4.78 is 0. The summed E-state index contributed by atoms with van der Waals surface area (Å²) in [6.45, 7) is 3.30. The lowest BCUT2D eigenvalue weighted by Gasteiger charge is -2.28. The van der Waals surface area contributed by atoms with Gasteiger partial charge in [0.05, 0.1) is 12.6 Å². The van der Waals surface area contributed by atoms with Crippen LogP contribution in [0.1, 0.15) is 18.4 Å². The Morgan fingerprint density at radius 2 is 2.17 bits per heavy atom. The number of aliphatic hydroxyl groups excluding tert-OH is 1. The second-order valence-electron chi connectivity index (χ2n) is 6.74. The third-order valence-corrected chi connectivity index (χ3v) is 5.10. The lowest BCUT2D eigenvalue weighted by molar-refractivity contribution is -0.131. The number of amides is 1. The number of aliphatic hydroxyl groups is 1. The summed E-state index contributed by atoms with van der Waals surface area (Å²) >= 11 is 0. The molecule has 0 bridgehead atoms. The first kappa shape index (κ1) is 15.4. The van der Waals surface area contributed by atoms with Gasteiger partial charge in [0.25, 0.3) is 0 Å². The average molecular weight is 325 g/mol. The first-order valence-electron chi connectivity index (χ1n) is 8.64. The van der Waals surface area contributed by atoms with Crippen LogP contribution in [-0.4, -0.2) is 64.6 Å². The highest BCUT2D eigenvalue weighted by molar-refractivity contribution is 5.93. The number of hydrogen-bond donors (Lipinski definition) is 2. The number of fused-ring (bicyclic) bond motifs is 1. The van der Waals surface area contributed by atoms with Crippen LogP contribution >= 0.6 is 0 Å². The number of hydrogen-bond acceptors (Lipinski definition) is 3. The number of carbonyl (C=O) groups excluding carboxylic acids is 1. The van der Waals surface area contributed by atoms with Gasteiger partial charge in [-0.15, -0.1) is 0 Å². The Morgan fingerprint density at radius 1 is 1.29 bits per heavy atom. The molecular formula is C19H23N3O2. The van der Waals surface area contributed by atoms with Gasteiger partial charge in [-0.05, 0) is 24.5 Å². The molecule has 1 saturated heterocycles. The van der Waals surface area contributed by atoms with Crippen molar-refractivity contribution in [1.29, 1.82) is 0 Å². The number of H-pyrrole nitrogens is 1. The summed E-state index contributed by atoms with van der Waals surface area (Å²) in [6.07, 6.45) is 5.64. The van der Waals surface area contributed by atoms with E-state index in [4.69, 9.17) is 0 Å². The van der Waals surface area contributed by atoms with Crippen LogP contribution in [0, 0.1) is 0 Å². The number of aromatic nitrogens is 1. The van der Waals surface area contributed by atoms with E-state index in [0.29, 0.717) is 19.6 Å². The SMILES string of the molecule is O=C(CN1CCC(O)C1)N1CC=C(c2c[nH]c3ccccc23)CC1. The second-order valence-corrected chi connectivity index (χ2v) is 6.74. The topological polar surface area (TPSA) is 59.6 Å². The molecule has 2 aromatic rings. The number of likely N-dealkylation sites (tertiary alicyclic amines) is 1. The van der Waals surface area contributed by atoms with Gasteiger partial charge in [-0.25, -0.2) is 0 Å². The number of rotatable bonds is 3. The molecule has 5 nitrogen and oxygen atoms in total. The van der Waals surface area contributed by atoms with Gasteiger partial charge in [-0.3, -0.25) is 9.69 Å². The van der Waals surface area contributed by atoms with Gasteiger partial charge in [-0.2, -0.15) is 0 Å². The van der Waals surface area contributed by atoms with E-state index >= 15 is 0 Å². The fourth-order valence-electron chi connectivity index (χ4n) is 3.72. The van der Waals surface area contributed by atoms with Crippen molar-refractivity contribution in [3.63, 3.8) is 0 Å². The zero-order valence-corrected chi connectivity index (χ0v) is 13.7. The van der Waals surface area contributed by atoms with Crippen LogP contribution in [0.5, 0.6) is 0 Å². The van der Waals surface area contributed by atoms with Gasteiger partial charge in [0, 0.05) is 48.8 Å². The maximum Gasteiger partial charge on any atom is 0.237 e. The third kappa shape index (κ3) is 2.97. The molecule has 24 heavy (non-hydrogen) atoms. The zero-order chi connectivity index (χ0) is 16.5. The minimum Gasteiger partial charge on any atom is -0.392 e. The molecule has 1 aromatic carbocycles. The molecule has 4 rings (SSSR count). The largest absolute Gasteiger partial charge is 0.392 e. The van der Waals surface area contributed by atoms with Gasteiger partial charge in [0.15, 0.2) is 0 Å². The van der Waals surface area contributed by atoms with Gasteiger partial charge >= 0.3 is 0 Å². The van der Waals surface area contributed by atoms with E-state index in [1.807, 2.05) is 15.9 Å². The van der Waals surface area contributed by atoms with Crippen molar-refractivity contribution in [1.82, 2.24) is 14.8 Å². The summed E-state index contributed by atoms with van der Waals surface area (Å²) in [5.74, 6) is 0.165. The van der Waals surface area contributed by atoms with Crippen LogP contribution < -0.4 is 0 Å². The normalized spacial score (nSPS) is 22.1. The minimum absolute atomic E-state index is 0.165. The maximum atomic E-state index is 12.4. The van der Waals surface area contributed by atoms with E-state index in [1.54, 1.807) is 0 Å². The van der Waals surface area contributed by atoms with Crippen LogP contribution in [-0.2, 0) is 4.79 Å². The first-order chi connectivity index (χ1) is 11.7. The van der Waals surface area contributed by atoms with Crippen molar-refractivity contribution in [3.8, 4) is 0 Å². The number of para-hydroxylation sites is 1. The highest BCUT2D eigenvalue weighted by Crippen LogP contribution is 2.29. The molecule has 1 fully saturated rings. The molecule has 1 unspecified atom stereocenters. The molecule has 5 heteroatoms. The third-order valence-electron chi connectivity index (χ3n) is 5.10. The molecule has 0 spiro atoms. The molecule has 3 heterocycles. The van der Waals surface area contributed by atoms with E-state index < -0.39 is 0 Å². The standard InChI is InChI=1S/C19H23N3O2/c23-15-7-8-21(12-15)13-19(24)22-9-5-14(6-10-22)17-11-20-18-4-2-1-3-16(17)18/h1-5,11,15,20,23H,6-10,12-13H2. The Bertz CT molecular complexity index is 780. The molecule has 1 aromatic heterocycles. The quantitative estimate of drug-likeness (QED) is 0.905. The number of nitrogens with one attached hydrogen (secondary N) is 1. The molecule has 2 aliphatic rings. The predicted octanol–water partition coefficient (Wildman–Crippen LogP) is 1.85. The number of nitrogens with zero attached hydrogens (tertiary/aromatic N) is 2. The lowest BCUT2D eigenvalue weighted by Crippen LogP contribution is -2.41. The number of carbonyl (C=O) groups is 1. The fourth-order valence-corrected chi connectivity index (χ4v) is 3.72. The van der Waals surface area contributed by atoms with Crippen molar-refractivity contribution in [2.75, 3.05) is 32.7 Å². The smallest absolute Gasteiger partial charge is 0.237 e. The van der Waals surface area contributed by atoms with Gasteiger partial charge < -0.3 is 15.0 Å². The molecule has 1 atom stereocenters. The maximum absolute atomic E-state index is 12.4. The molecule has 2 N–H and O–H groups in total. The summed E-state index contributed by atoms with van der Waals surface area (Å²) in [5.41, 5.74) is 3.72. The predicted molar refractivity (Wildman–Crippen MR) is 94.5 cm³/mol. The van der Waals surface area contributed by atoms with Crippen molar-refractivity contribution >= 4 is 22.4 Å². The second kappa shape index (κ2) is 6.42. The van der Waals surface area contributed by atoms with E-state index in [1.165, 1.54) is 16.5 Å². The van der Waals surface area contributed by atoms with Crippen LogP contribution in [0.3, 0.4) is 0 Å². The van der Waals surface area contributed by atoms with Crippen LogP contribution in [0.4, 0.5) is 0 Å². The Morgan fingerprint density at radius 3 is 2.92 bits per heavy atom. The number of aromatic amines is 1. The van der Waals surface area contributed by atoms with Crippen molar-refractivity contribution in [3.05, 3.63) is 42.1 Å². The lowest BCUT2D eigenvalue weighted by atomic mass is 9.99. The van der Waals surface area contributed by atoms with Crippen molar-refractivity contribution in [2.24, 2.45) is 0 Å². The summed E-state index contributed by atoms with van der Waals surface area (Å²) in [7, 11) is 0. The summed E-state index contributed by atoms with van der Waals surface area (Å²) in [6, 6.07) is 8.32. The molecule has 0 aliphatic carbocycles. The minimum atomic E-state index is -0.271. The summed E-state index contributed by atoms with van der Waals surface area (Å²) in [5, 5.41) is 10.8. The highest BCUT2D eigenvalue weighted by atomic mass is 16.3. The molecule has 0 radical (unpaired) electrons. The molecular weight excluding hydrogens is 302 g/mol. The molecule has 2 aliphatic heterocycles. The summed E-state index contributed by atoms with van der Waals surface area (Å²) in [4.78, 5) is 19.7. The van der Waals surface area contributed by atoms with Crippen LogP contribution in [0.2, 0.25) is 0 Å². The van der Waals surface area contributed by atoms with Gasteiger partial charge in [-0.1, -0.05) is 24.3 Å². The number of benzene rings is 1. The number of β-amino-alcohol motifs (C(OH)–C–C–N with tert-alkyl or cyclic N) is 1. The Balaban J connectivity index is 1.42. The Labute approximate surface area is 141 Å². The van der Waals surface area contributed by atoms with E-state index in [9.17, 15) is 9.90 Å². The van der Waals surface area contributed by atoms with Crippen LogP contribution in [0.25, 0.3) is 16.5 Å². The highest BCUT2D eigenvalue weighted by Gasteiger charge is 2.25. The van der Waals surface area contributed by atoms with Crippen LogP contribution in [0.15, 0.2) is 36.5 Å². The van der Waals surface area contributed by atoms with E-state index in [-0.39, 0.29) is 12.0 Å². The average Bonchev–Trinajstić information content (AvgIpc) is 3.21. The van der Waals surface area contributed by atoms with E-state index in [2.05, 4.69) is 35.5 Å². The van der Waals surface area contributed by atoms with Crippen molar-refractivity contribution < 1.29 is 9.90 Å². The van der Waals surface area contributed by atoms with Crippen molar-refractivity contribution in [2.45, 2.75) is 18.9 Å². The van der Waals surface area contributed by atoms with Gasteiger partial charge in [0.1, 0.15) is 0 Å². The Hall–Kier alpha value is -2.11. The molecule has 126 valence electrons. The molecule has 0 saturated carbocycles. The Kier molecular flexibility index (Phi) is 4.12. The monoisotopic (exact) mass is 325 g/mol. The molecule has 1 amide bonds. The van der Waals surface area contributed by atoms with Gasteiger partial charge in [0.2, 0.25) is 5.91 Å². The van der Waals surface area contributed by atoms with E-state index in [0.717, 1.165) is 31.4 Å². The zero-order valence-electron chi connectivity index (χ0n) is 13.7.